The standard InChI is InChI=1S/C12H26N2S/c1-4-5-6-13-9-11(2)14-7-8-15-10-12(14)3/h11-13H,4-10H2,1-3H3. The zero-order chi connectivity index (χ0) is 11.1. The van der Waals surface area contributed by atoms with E-state index in [0.717, 1.165) is 12.6 Å². The highest BCUT2D eigenvalue weighted by Gasteiger charge is 2.22. The lowest BCUT2D eigenvalue weighted by Crippen LogP contribution is -2.49. The van der Waals surface area contributed by atoms with E-state index in [1.165, 1.54) is 37.4 Å². The zero-order valence-corrected chi connectivity index (χ0v) is 11.3. The molecule has 0 aromatic heterocycles. The van der Waals surface area contributed by atoms with Crippen molar-refractivity contribution in [3.8, 4) is 0 Å². The predicted molar refractivity (Wildman–Crippen MR) is 70.7 cm³/mol. The molecular weight excluding hydrogens is 204 g/mol. The number of rotatable bonds is 6. The van der Waals surface area contributed by atoms with Gasteiger partial charge in [-0.25, -0.2) is 0 Å². The Hall–Kier alpha value is 0.270. The van der Waals surface area contributed by atoms with Crippen LogP contribution in [0.4, 0.5) is 0 Å². The van der Waals surface area contributed by atoms with E-state index in [9.17, 15) is 0 Å². The molecule has 0 aliphatic carbocycles. The van der Waals surface area contributed by atoms with E-state index in [0.29, 0.717) is 6.04 Å². The SMILES string of the molecule is CCCCNCC(C)N1CCSCC1C. The van der Waals surface area contributed by atoms with Crippen LogP contribution < -0.4 is 5.32 Å². The molecule has 2 atom stereocenters. The summed E-state index contributed by atoms with van der Waals surface area (Å²) < 4.78 is 0. The molecule has 0 bridgehead atoms. The Bertz CT molecular complexity index is 164. The normalized spacial score (nSPS) is 25.4. The Morgan fingerprint density at radius 1 is 1.53 bits per heavy atom. The van der Waals surface area contributed by atoms with Gasteiger partial charge in [-0.05, 0) is 26.8 Å². The smallest absolute Gasteiger partial charge is 0.0195 e. The van der Waals surface area contributed by atoms with Crippen LogP contribution in [0.15, 0.2) is 0 Å². The minimum absolute atomic E-state index is 0.692. The summed E-state index contributed by atoms with van der Waals surface area (Å²) in [5.41, 5.74) is 0. The summed E-state index contributed by atoms with van der Waals surface area (Å²) in [7, 11) is 0. The van der Waals surface area contributed by atoms with Crippen LogP contribution in [0.5, 0.6) is 0 Å². The molecule has 1 heterocycles. The predicted octanol–water partition coefficient (Wildman–Crippen LogP) is 2.20. The molecule has 0 aromatic rings. The lowest BCUT2D eigenvalue weighted by Gasteiger charge is -2.37. The summed E-state index contributed by atoms with van der Waals surface area (Å²) >= 11 is 2.09. The molecule has 1 N–H and O–H groups in total. The third kappa shape index (κ3) is 4.75. The van der Waals surface area contributed by atoms with Gasteiger partial charge in [0, 0.05) is 36.7 Å². The van der Waals surface area contributed by atoms with Gasteiger partial charge in [0.2, 0.25) is 0 Å². The number of thioether (sulfide) groups is 1. The first-order valence-corrected chi connectivity index (χ1v) is 7.45. The number of unbranched alkanes of at least 4 members (excludes halogenated alkanes) is 1. The van der Waals surface area contributed by atoms with E-state index in [1.807, 2.05) is 0 Å². The number of nitrogens with zero attached hydrogens (tertiary/aromatic N) is 1. The van der Waals surface area contributed by atoms with Crippen LogP contribution in [0, 0.1) is 0 Å². The molecule has 90 valence electrons. The monoisotopic (exact) mass is 230 g/mol. The van der Waals surface area contributed by atoms with E-state index >= 15 is 0 Å². The lowest BCUT2D eigenvalue weighted by molar-refractivity contribution is 0.169. The summed E-state index contributed by atoms with van der Waals surface area (Å²) in [6, 6.07) is 1.45. The first kappa shape index (κ1) is 13.3. The van der Waals surface area contributed by atoms with Gasteiger partial charge >= 0.3 is 0 Å². The van der Waals surface area contributed by atoms with Crippen LogP contribution in [-0.4, -0.2) is 48.1 Å². The molecule has 0 saturated carbocycles. The number of hydrogen-bond acceptors (Lipinski definition) is 3. The van der Waals surface area contributed by atoms with Crippen molar-refractivity contribution in [2.45, 2.75) is 45.7 Å². The molecular formula is C12H26N2S. The van der Waals surface area contributed by atoms with Gasteiger partial charge in [0.1, 0.15) is 0 Å². The molecule has 1 aliphatic rings. The van der Waals surface area contributed by atoms with Crippen LogP contribution in [0.25, 0.3) is 0 Å². The fourth-order valence-corrected chi connectivity index (χ4v) is 3.16. The second-order valence-corrected chi connectivity index (χ2v) is 5.72. The molecule has 3 heteroatoms. The minimum atomic E-state index is 0.692. The van der Waals surface area contributed by atoms with Gasteiger partial charge in [0.05, 0.1) is 0 Å². The average molecular weight is 230 g/mol. The van der Waals surface area contributed by atoms with Crippen molar-refractivity contribution in [1.82, 2.24) is 10.2 Å². The van der Waals surface area contributed by atoms with Gasteiger partial charge < -0.3 is 5.32 Å². The lowest BCUT2D eigenvalue weighted by atomic mass is 10.2. The fraction of sp³-hybridized carbons (Fsp3) is 1.00. The number of hydrogen-bond donors (Lipinski definition) is 1. The van der Waals surface area contributed by atoms with Gasteiger partial charge in [-0.1, -0.05) is 13.3 Å². The summed E-state index contributed by atoms with van der Waals surface area (Å²) in [6.07, 6.45) is 2.59. The minimum Gasteiger partial charge on any atom is -0.315 e. The maximum absolute atomic E-state index is 3.56. The quantitative estimate of drug-likeness (QED) is 0.704. The van der Waals surface area contributed by atoms with Crippen molar-refractivity contribution >= 4 is 11.8 Å². The highest BCUT2D eigenvalue weighted by atomic mass is 32.2. The molecule has 0 aromatic carbocycles. The molecule has 15 heavy (non-hydrogen) atoms. The van der Waals surface area contributed by atoms with Gasteiger partial charge in [-0.15, -0.1) is 0 Å². The van der Waals surface area contributed by atoms with Crippen molar-refractivity contribution in [1.29, 1.82) is 0 Å². The average Bonchev–Trinajstić information content (AvgIpc) is 2.25. The second kappa shape index (κ2) is 7.53. The van der Waals surface area contributed by atoms with Gasteiger partial charge in [-0.2, -0.15) is 11.8 Å². The Balaban J connectivity index is 2.16. The maximum Gasteiger partial charge on any atom is 0.0195 e. The summed E-state index contributed by atoms with van der Waals surface area (Å²) in [5, 5.41) is 3.56. The second-order valence-electron chi connectivity index (χ2n) is 4.57. The number of nitrogens with one attached hydrogen (secondary N) is 1. The Kier molecular flexibility index (Phi) is 6.69. The maximum atomic E-state index is 3.56. The Morgan fingerprint density at radius 2 is 2.33 bits per heavy atom. The Morgan fingerprint density at radius 3 is 3.00 bits per heavy atom. The molecule has 0 radical (unpaired) electrons. The highest BCUT2D eigenvalue weighted by Crippen LogP contribution is 2.17. The fourth-order valence-electron chi connectivity index (χ4n) is 2.12. The zero-order valence-electron chi connectivity index (χ0n) is 10.5. The highest BCUT2D eigenvalue weighted by molar-refractivity contribution is 7.99. The van der Waals surface area contributed by atoms with Gasteiger partial charge in [0.15, 0.2) is 0 Å². The van der Waals surface area contributed by atoms with Crippen molar-refractivity contribution < 1.29 is 0 Å². The first-order valence-electron chi connectivity index (χ1n) is 6.30. The van der Waals surface area contributed by atoms with E-state index in [-0.39, 0.29) is 0 Å². The van der Waals surface area contributed by atoms with Crippen molar-refractivity contribution in [3.63, 3.8) is 0 Å². The van der Waals surface area contributed by atoms with Crippen molar-refractivity contribution in [3.05, 3.63) is 0 Å². The molecule has 1 rings (SSSR count). The molecule has 2 nitrogen and oxygen atoms in total. The first-order chi connectivity index (χ1) is 7.25. The molecule has 0 spiro atoms. The van der Waals surface area contributed by atoms with Crippen LogP contribution >= 0.6 is 11.8 Å². The van der Waals surface area contributed by atoms with Crippen molar-refractivity contribution in [2.24, 2.45) is 0 Å². The Labute approximate surface area is 99.2 Å². The van der Waals surface area contributed by atoms with Crippen LogP contribution in [0.2, 0.25) is 0 Å². The van der Waals surface area contributed by atoms with Crippen molar-refractivity contribution in [2.75, 3.05) is 31.1 Å². The molecule has 1 aliphatic heterocycles. The molecule has 2 unspecified atom stereocenters. The van der Waals surface area contributed by atoms with E-state index in [4.69, 9.17) is 0 Å². The van der Waals surface area contributed by atoms with Gasteiger partial charge in [-0.3, -0.25) is 4.90 Å². The topological polar surface area (TPSA) is 15.3 Å². The van der Waals surface area contributed by atoms with Gasteiger partial charge in [0.25, 0.3) is 0 Å². The largest absolute Gasteiger partial charge is 0.315 e. The molecule has 0 amide bonds. The molecule has 1 saturated heterocycles. The third-order valence-electron chi connectivity index (χ3n) is 3.13. The third-order valence-corrected chi connectivity index (χ3v) is 4.32. The molecule has 1 fully saturated rings. The van der Waals surface area contributed by atoms with Crippen LogP contribution in [0.1, 0.15) is 33.6 Å². The van der Waals surface area contributed by atoms with Crippen LogP contribution in [-0.2, 0) is 0 Å². The van der Waals surface area contributed by atoms with E-state index in [2.05, 4.69) is 42.7 Å². The van der Waals surface area contributed by atoms with E-state index < -0.39 is 0 Å². The summed E-state index contributed by atoms with van der Waals surface area (Å²) in [4.78, 5) is 2.65. The van der Waals surface area contributed by atoms with Crippen LogP contribution in [0.3, 0.4) is 0 Å². The summed E-state index contributed by atoms with van der Waals surface area (Å²) in [6.45, 7) is 10.5. The van der Waals surface area contributed by atoms with E-state index in [1.54, 1.807) is 0 Å². The summed E-state index contributed by atoms with van der Waals surface area (Å²) in [5.74, 6) is 2.61.